The Bertz CT molecular complexity index is 583. The van der Waals surface area contributed by atoms with Crippen molar-refractivity contribution in [3.63, 3.8) is 0 Å². The molecule has 0 saturated carbocycles. The molecule has 0 aliphatic carbocycles. The van der Waals surface area contributed by atoms with Crippen LogP contribution in [0.2, 0.25) is 0 Å². The lowest BCUT2D eigenvalue weighted by Crippen LogP contribution is -2.25. The number of carbonyl (C=O) groups is 1. The highest BCUT2D eigenvalue weighted by atomic mass is 19.1. The zero-order valence-corrected chi connectivity index (χ0v) is 11.6. The predicted octanol–water partition coefficient (Wildman–Crippen LogP) is 1.57. The number of hydrogen-bond donors (Lipinski definition) is 1. The van der Waals surface area contributed by atoms with Crippen molar-refractivity contribution in [2.75, 3.05) is 20.3 Å². The first-order valence-corrected chi connectivity index (χ1v) is 6.53. The number of rotatable bonds is 7. The molecule has 0 aliphatic rings. The van der Waals surface area contributed by atoms with Crippen LogP contribution in [0.1, 0.15) is 28.6 Å². The van der Waals surface area contributed by atoms with Gasteiger partial charge in [-0.2, -0.15) is 0 Å². The molecule has 2 aromatic rings. The van der Waals surface area contributed by atoms with E-state index in [4.69, 9.17) is 9.15 Å². The van der Waals surface area contributed by atoms with E-state index >= 15 is 0 Å². The van der Waals surface area contributed by atoms with Crippen molar-refractivity contribution in [3.05, 3.63) is 47.4 Å². The number of benzene rings is 1. The Balaban J connectivity index is 1.88. The van der Waals surface area contributed by atoms with E-state index in [0.717, 1.165) is 5.56 Å². The SMILES string of the molecule is COCCCNC(=O)c1nnc(Cc2ccc(F)cc2)o1. The maximum absolute atomic E-state index is 12.8. The van der Waals surface area contributed by atoms with Gasteiger partial charge in [-0.25, -0.2) is 4.39 Å². The van der Waals surface area contributed by atoms with Gasteiger partial charge in [0.05, 0.1) is 6.42 Å². The van der Waals surface area contributed by atoms with Crippen LogP contribution in [0, 0.1) is 5.82 Å². The summed E-state index contributed by atoms with van der Waals surface area (Å²) in [6.07, 6.45) is 1.06. The maximum Gasteiger partial charge on any atom is 0.308 e. The summed E-state index contributed by atoms with van der Waals surface area (Å²) in [5, 5.41) is 10.2. The molecule has 6 nitrogen and oxygen atoms in total. The highest BCUT2D eigenvalue weighted by Crippen LogP contribution is 2.09. The number of halogens is 1. The molecule has 2 rings (SSSR count). The van der Waals surface area contributed by atoms with Crippen LogP contribution < -0.4 is 5.32 Å². The molecule has 1 aromatic carbocycles. The summed E-state index contributed by atoms with van der Waals surface area (Å²) in [6, 6.07) is 5.97. The van der Waals surface area contributed by atoms with Crippen LogP contribution in [-0.2, 0) is 11.2 Å². The monoisotopic (exact) mass is 293 g/mol. The minimum Gasteiger partial charge on any atom is -0.417 e. The van der Waals surface area contributed by atoms with Crippen LogP contribution in [0.25, 0.3) is 0 Å². The third-order valence-electron chi connectivity index (χ3n) is 2.74. The molecule has 1 aromatic heterocycles. The van der Waals surface area contributed by atoms with E-state index in [2.05, 4.69) is 15.5 Å². The zero-order valence-electron chi connectivity index (χ0n) is 11.6. The molecular formula is C14H16FN3O3. The van der Waals surface area contributed by atoms with Gasteiger partial charge in [0.15, 0.2) is 0 Å². The molecule has 112 valence electrons. The number of nitrogens with zero attached hydrogens (tertiary/aromatic N) is 2. The van der Waals surface area contributed by atoms with Crippen LogP contribution in [0.3, 0.4) is 0 Å². The lowest BCUT2D eigenvalue weighted by molar-refractivity contribution is 0.0912. The van der Waals surface area contributed by atoms with Gasteiger partial charge >= 0.3 is 11.8 Å². The van der Waals surface area contributed by atoms with Crippen molar-refractivity contribution >= 4 is 5.91 Å². The van der Waals surface area contributed by atoms with Gasteiger partial charge in [-0.05, 0) is 24.1 Å². The third kappa shape index (κ3) is 4.64. The molecule has 1 heterocycles. The van der Waals surface area contributed by atoms with Crippen molar-refractivity contribution in [2.45, 2.75) is 12.8 Å². The Hall–Kier alpha value is -2.28. The number of nitrogens with one attached hydrogen (secondary N) is 1. The summed E-state index contributed by atoms with van der Waals surface area (Å²) in [6.45, 7) is 1.04. The van der Waals surface area contributed by atoms with Crippen molar-refractivity contribution < 1.29 is 18.3 Å². The van der Waals surface area contributed by atoms with Gasteiger partial charge in [0.25, 0.3) is 0 Å². The Morgan fingerprint density at radius 3 is 2.81 bits per heavy atom. The number of aromatic nitrogens is 2. The molecule has 0 bridgehead atoms. The Kier molecular flexibility index (Phi) is 5.39. The van der Waals surface area contributed by atoms with E-state index in [1.54, 1.807) is 19.2 Å². The van der Waals surface area contributed by atoms with Crippen LogP contribution >= 0.6 is 0 Å². The third-order valence-corrected chi connectivity index (χ3v) is 2.74. The Labute approximate surface area is 121 Å². The van der Waals surface area contributed by atoms with Crippen LogP contribution in [-0.4, -0.2) is 36.4 Å². The molecule has 0 atom stereocenters. The Morgan fingerprint density at radius 1 is 1.33 bits per heavy atom. The average molecular weight is 293 g/mol. The molecule has 0 aliphatic heterocycles. The molecule has 7 heteroatoms. The average Bonchev–Trinajstić information content (AvgIpc) is 2.94. The molecule has 0 spiro atoms. The molecule has 0 radical (unpaired) electrons. The van der Waals surface area contributed by atoms with Gasteiger partial charge < -0.3 is 14.5 Å². The van der Waals surface area contributed by atoms with Gasteiger partial charge in [-0.3, -0.25) is 4.79 Å². The first-order chi connectivity index (χ1) is 10.2. The van der Waals surface area contributed by atoms with Crippen molar-refractivity contribution in [1.82, 2.24) is 15.5 Å². The van der Waals surface area contributed by atoms with Crippen molar-refractivity contribution in [1.29, 1.82) is 0 Å². The number of amides is 1. The summed E-state index contributed by atoms with van der Waals surface area (Å²) in [5.41, 5.74) is 0.826. The number of methoxy groups -OCH3 is 1. The van der Waals surface area contributed by atoms with E-state index in [1.165, 1.54) is 12.1 Å². The number of carbonyl (C=O) groups excluding carboxylic acids is 1. The van der Waals surface area contributed by atoms with E-state index in [9.17, 15) is 9.18 Å². The van der Waals surface area contributed by atoms with Crippen molar-refractivity contribution in [3.8, 4) is 0 Å². The Morgan fingerprint density at radius 2 is 2.10 bits per heavy atom. The van der Waals surface area contributed by atoms with Crippen LogP contribution in [0.15, 0.2) is 28.7 Å². The highest BCUT2D eigenvalue weighted by molar-refractivity contribution is 5.89. The van der Waals surface area contributed by atoms with E-state index in [-0.39, 0.29) is 11.7 Å². The van der Waals surface area contributed by atoms with Crippen LogP contribution in [0.4, 0.5) is 4.39 Å². The first-order valence-electron chi connectivity index (χ1n) is 6.53. The topological polar surface area (TPSA) is 77.2 Å². The fourth-order valence-electron chi connectivity index (χ4n) is 1.69. The number of hydrogen-bond acceptors (Lipinski definition) is 5. The highest BCUT2D eigenvalue weighted by Gasteiger charge is 2.14. The summed E-state index contributed by atoms with van der Waals surface area (Å²) in [7, 11) is 1.60. The minimum absolute atomic E-state index is 0.0791. The lowest BCUT2D eigenvalue weighted by Gasteiger charge is -2.00. The maximum atomic E-state index is 12.8. The molecule has 21 heavy (non-hydrogen) atoms. The molecule has 1 N–H and O–H groups in total. The standard InChI is InChI=1S/C14H16FN3O3/c1-20-8-2-7-16-13(19)14-18-17-12(21-14)9-10-3-5-11(15)6-4-10/h3-6H,2,7-9H2,1H3,(H,16,19). The summed E-state index contributed by atoms with van der Waals surface area (Å²) in [4.78, 5) is 11.7. The molecule has 1 amide bonds. The van der Waals surface area contributed by atoms with Gasteiger partial charge in [0.1, 0.15) is 5.82 Å². The second kappa shape index (κ2) is 7.49. The molecular weight excluding hydrogens is 277 g/mol. The summed E-state index contributed by atoms with van der Waals surface area (Å²) >= 11 is 0. The smallest absolute Gasteiger partial charge is 0.308 e. The molecule has 0 fully saturated rings. The fraction of sp³-hybridized carbons (Fsp3) is 0.357. The van der Waals surface area contributed by atoms with Gasteiger partial charge in [0, 0.05) is 20.3 Å². The predicted molar refractivity (Wildman–Crippen MR) is 72.3 cm³/mol. The van der Waals surface area contributed by atoms with E-state index in [1.807, 2.05) is 0 Å². The van der Waals surface area contributed by atoms with Crippen molar-refractivity contribution in [2.24, 2.45) is 0 Å². The largest absolute Gasteiger partial charge is 0.417 e. The molecule has 0 saturated heterocycles. The molecule has 0 unspecified atom stereocenters. The second-order valence-electron chi connectivity index (χ2n) is 4.41. The quantitative estimate of drug-likeness (QED) is 0.784. The summed E-state index contributed by atoms with van der Waals surface area (Å²) in [5.74, 6) is -0.488. The van der Waals surface area contributed by atoms with Gasteiger partial charge in [-0.1, -0.05) is 12.1 Å². The first kappa shape index (κ1) is 15.1. The summed E-state index contributed by atoms with van der Waals surface area (Å²) < 4.78 is 23.0. The zero-order chi connectivity index (χ0) is 15.1. The van der Waals surface area contributed by atoms with Crippen LogP contribution in [0.5, 0.6) is 0 Å². The lowest BCUT2D eigenvalue weighted by atomic mass is 10.1. The van der Waals surface area contributed by atoms with E-state index in [0.29, 0.717) is 31.9 Å². The van der Waals surface area contributed by atoms with E-state index < -0.39 is 5.91 Å². The minimum atomic E-state index is -0.413. The fourth-order valence-corrected chi connectivity index (χ4v) is 1.69. The number of ether oxygens (including phenoxy) is 1. The van der Waals surface area contributed by atoms with Gasteiger partial charge in [-0.15, -0.1) is 10.2 Å². The normalized spacial score (nSPS) is 10.6. The van der Waals surface area contributed by atoms with Gasteiger partial charge in [0.2, 0.25) is 5.89 Å². The second-order valence-corrected chi connectivity index (χ2v) is 4.41.